The number of aliphatic hydroxyl groups excluding tert-OH is 1. The van der Waals surface area contributed by atoms with Crippen molar-refractivity contribution in [3.8, 4) is 0 Å². The Labute approximate surface area is 178 Å². The Morgan fingerprint density at radius 3 is 2.79 bits per heavy atom. The highest BCUT2D eigenvalue weighted by Crippen LogP contribution is 2.28. The van der Waals surface area contributed by atoms with Gasteiger partial charge in [-0.15, -0.1) is 0 Å². The van der Waals surface area contributed by atoms with Gasteiger partial charge < -0.3 is 29.4 Å². The van der Waals surface area contributed by atoms with E-state index >= 15 is 0 Å². The Bertz CT molecular complexity index is 577. The summed E-state index contributed by atoms with van der Waals surface area (Å²) in [4.78, 5) is 27.5. The molecule has 1 rings (SSSR count). The summed E-state index contributed by atoms with van der Waals surface area (Å²) in [6, 6.07) is 5.69. The lowest BCUT2D eigenvalue weighted by atomic mass is 10.3. The second-order valence-corrected chi connectivity index (χ2v) is 8.03. The Morgan fingerprint density at radius 1 is 1.31 bits per heavy atom. The molecule has 0 radical (unpaired) electrons. The summed E-state index contributed by atoms with van der Waals surface area (Å²) in [5.74, 6) is 0.508. The van der Waals surface area contributed by atoms with Gasteiger partial charge in [0.15, 0.2) is 6.29 Å². The van der Waals surface area contributed by atoms with Crippen LogP contribution in [0.3, 0.4) is 0 Å². The van der Waals surface area contributed by atoms with Crippen LogP contribution >= 0.6 is 21.6 Å². The SMILES string of the molecule is CCC(CO)OC(COC(=O)OCCC(=O)NCCSSc1ccccn1)OC. The maximum Gasteiger partial charge on any atom is 0.508 e. The molecule has 29 heavy (non-hydrogen) atoms. The summed E-state index contributed by atoms with van der Waals surface area (Å²) in [6.07, 6.45) is 0.251. The molecule has 1 aromatic heterocycles. The molecular formula is C18H28N2O7S2. The number of nitrogens with zero attached hydrogens (tertiary/aromatic N) is 1. The summed E-state index contributed by atoms with van der Waals surface area (Å²) >= 11 is 0. The first-order valence-electron chi connectivity index (χ1n) is 9.14. The van der Waals surface area contributed by atoms with Gasteiger partial charge in [0.05, 0.1) is 19.1 Å². The zero-order chi connectivity index (χ0) is 21.3. The van der Waals surface area contributed by atoms with Gasteiger partial charge in [0.2, 0.25) is 5.91 Å². The van der Waals surface area contributed by atoms with E-state index in [1.807, 2.05) is 25.1 Å². The number of pyridine rings is 1. The fourth-order valence-corrected chi connectivity index (χ4v) is 3.66. The normalized spacial score (nSPS) is 12.8. The highest BCUT2D eigenvalue weighted by Gasteiger charge is 2.17. The quantitative estimate of drug-likeness (QED) is 0.179. The van der Waals surface area contributed by atoms with Gasteiger partial charge in [0.1, 0.15) is 18.2 Å². The fraction of sp³-hybridized carbons (Fsp3) is 0.611. The van der Waals surface area contributed by atoms with E-state index in [2.05, 4.69) is 10.3 Å². The maximum absolute atomic E-state index is 11.7. The minimum Gasteiger partial charge on any atom is -0.434 e. The summed E-state index contributed by atoms with van der Waals surface area (Å²) < 4.78 is 20.2. The van der Waals surface area contributed by atoms with E-state index in [-0.39, 0.29) is 32.1 Å². The molecule has 2 atom stereocenters. The minimum atomic E-state index is -0.914. The number of carbonyl (C=O) groups excluding carboxylic acids is 2. The van der Waals surface area contributed by atoms with Crippen LogP contribution in [0.25, 0.3) is 0 Å². The zero-order valence-corrected chi connectivity index (χ0v) is 18.2. The van der Waals surface area contributed by atoms with Crippen molar-refractivity contribution in [1.82, 2.24) is 10.3 Å². The van der Waals surface area contributed by atoms with Crippen molar-refractivity contribution in [3.63, 3.8) is 0 Å². The second-order valence-electron chi connectivity index (χ2n) is 5.60. The van der Waals surface area contributed by atoms with E-state index in [4.69, 9.17) is 24.1 Å². The Kier molecular flexibility index (Phi) is 14.3. The van der Waals surface area contributed by atoms with Crippen molar-refractivity contribution in [2.24, 2.45) is 0 Å². The predicted molar refractivity (Wildman–Crippen MR) is 111 cm³/mol. The number of ether oxygens (including phenoxy) is 4. The molecule has 2 N–H and O–H groups in total. The van der Waals surface area contributed by atoms with E-state index in [9.17, 15) is 9.59 Å². The van der Waals surface area contributed by atoms with Crippen LogP contribution < -0.4 is 5.32 Å². The van der Waals surface area contributed by atoms with Crippen molar-refractivity contribution >= 4 is 33.7 Å². The molecule has 0 aliphatic carbocycles. The van der Waals surface area contributed by atoms with Gasteiger partial charge in [-0.3, -0.25) is 4.79 Å². The van der Waals surface area contributed by atoms with Gasteiger partial charge in [0.25, 0.3) is 0 Å². The number of nitrogens with one attached hydrogen (secondary N) is 1. The van der Waals surface area contributed by atoms with Crippen molar-refractivity contribution in [2.45, 2.75) is 37.2 Å². The first kappa shape index (κ1) is 25.5. The predicted octanol–water partition coefficient (Wildman–Crippen LogP) is 2.24. The molecule has 0 saturated heterocycles. The van der Waals surface area contributed by atoms with Crippen molar-refractivity contribution in [3.05, 3.63) is 24.4 Å². The van der Waals surface area contributed by atoms with Gasteiger partial charge in [-0.25, -0.2) is 9.78 Å². The molecule has 1 aromatic rings. The van der Waals surface area contributed by atoms with Crippen molar-refractivity contribution in [1.29, 1.82) is 0 Å². The standard InChI is InChI=1S/C18H28N2O7S2/c1-3-14(12-21)27-17(24-2)13-26-18(23)25-10-7-15(22)19-9-11-28-29-16-6-4-5-8-20-16/h4-6,8,14,17,21H,3,7,9-13H2,1-2H3,(H,19,22). The monoisotopic (exact) mass is 448 g/mol. The molecule has 0 aliphatic heterocycles. The fourth-order valence-electron chi connectivity index (χ4n) is 1.87. The summed E-state index contributed by atoms with van der Waals surface area (Å²) in [7, 11) is 4.54. The van der Waals surface area contributed by atoms with E-state index in [0.29, 0.717) is 13.0 Å². The minimum absolute atomic E-state index is 0.0414. The van der Waals surface area contributed by atoms with Crippen LogP contribution in [-0.2, 0) is 23.7 Å². The lowest BCUT2D eigenvalue weighted by molar-refractivity contribution is -0.184. The third-order valence-corrected chi connectivity index (χ3v) is 5.71. The average Bonchev–Trinajstić information content (AvgIpc) is 2.74. The van der Waals surface area contributed by atoms with Gasteiger partial charge >= 0.3 is 6.16 Å². The van der Waals surface area contributed by atoms with Gasteiger partial charge in [-0.05, 0) is 29.3 Å². The van der Waals surface area contributed by atoms with Gasteiger partial charge in [0, 0.05) is 25.6 Å². The largest absolute Gasteiger partial charge is 0.508 e. The van der Waals surface area contributed by atoms with Crippen LogP contribution in [0, 0.1) is 0 Å². The van der Waals surface area contributed by atoms with E-state index in [1.165, 1.54) is 7.11 Å². The van der Waals surface area contributed by atoms with E-state index < -0.39 is 18.5 Å². The van der Waals surface area contributed by atoms with Crippen LogP contribution in [0.5, 0.6) is 0 Å². The van der Waals surface area contributed by atoms with Crippen LogP contribution in [-0.4, -0.2) is 73.8 Å². The number of methoxy groups -OCH3 is 1. The third-order valence-electron chi connectivity index (χ3n) is 3.44. The molecule has 0 fully saturated rings. The molecule has 0 saturated carbocycles. The number of hydrogen-bond acceptors (Lipinski definition) is 10. The highest BCUT2D eigenvalue weighted by molar-refractivity contribution is 8.76. The Hall–Kier alpha value is -1.53. The molecule has 1 amide bonds. The summed E-state index contributed by atoms with van der Waals surface area (Å²) in [6.45, 7) is 1.93. The van der Waals surface area contributed by atoms with Crippen molar-refractivity contribution in [2.75, 3.05) is 39.2 Å². The second kappa shape index (κ2) is 16.3. The molecule has 1 heterocycles. The first-order valence-corrected chi connectivity index (χ1v) is 11.5. The highest BCUT2D eigenvalue weighted by atomic mass is 33.1. The molecule has 0 aromatic carbocycles. The summed E-state index contributed by atoms with van der Waals surface area (Å²) in [5.41, 5.74) is 0. The maximum atomic E-state index is 11.7. The Morgan fingerprint density at radius 2 is 2.14 bits per heavy atom. The first-order chi connectivity index (χ1) is 14.1. The van der Waals surface area contributed by atoms with E-state index in [1.54, 1.807) is 27.8 Å². The number of amides is 1. The van der Waals surface area contributed by atoms with Crippen LogP contribution in [0.1, 0.15) is 19.8 Å². The molecular weight excluding hydrogens is 420 g/mol. The lowest BCUT2D eigenvalue weighted by Gasteiger charge is -2.21. The number of carbonyl (C=O) groups is 2. The third kappa shape index (κ3) is 12.6. The lowest BCUT2D eigenvalue weighted by Crippen LogP contribution is -2.31. The number of aromatic nitrogens is 1. The Balaban J connectivity index is 2.05. The zero-order valence-electron chi connectivity index (χ0n) is 16.6. The van der Waals surface area contributed by atoms with Crippen molar-refractivity contribution < 1.29 is 33.6 Å². The molecule has 0 bridgehead atoms. The molecule has 0 aliphatic rings. The van der Waals surface area contributed by atoms with E-state index in [0.717, 1.165) is 10.8 Å². The smallest absolute Gasteiger partial charge is 0.434 e. The summed E-state index contributed by atoms with van der Waals surface area (Å²) in [5, 5.41) is 12.8. The molecule has 9 nitrogen and oxygen atoms in total. The number of hydrogen-bond donors (Lipinski definition) is 2. The number of rotatable bonds is 15. The molecule has 2 unspecified atom stereocenters. The molecule has 164 valence electrons. The van der Waals surface area contributed by atoms with Gasteiger partial charge in [-0.2, -0.15) is 0 Å². The average molecular weight is 449 g/mol. The molecule has 11 heteroatoms. The number of aliphatic hydroxyl groups is 1. The van der Waals surface area contributed by atoms with Crippen LogP contribution in [0.4, 0.5) is 4.79 Å². The molecule has 0 spiro atoms. The topological polar surface area (TPSA) is 116 Å². The van der Waals surface area contributed by atoms with Crippen LogP contribution in [0.2, 0.25) is 0 Å². The van der Waals surface area contributed by atoms with Gasteiger partial charge in [-0.1, -0.05) is 23.8 Å². The van der Waals surface area contributed by atoms with Crippen LogP contribution in [0.15, 0.2) is 29.4 Å².